The number of methoxy groups -OCH3 is 1. The Bertz CT molecular complexity index is 570. The highest BCUT2D eigenvalue weighted by Crippen LogP contribution is 2.33. The lowest BCUT2D eigenvalue weighted by molar-refractivity contribution is -0.163. The predicted molar refractivity (Wildman–Crippen MR) is 77.8 cm³/mol. The number of alkyl halides is 3. The van der Waals surface area contributed by atoms with Gasteiger partial charge in [0.25, 0.3) is 0 Å². The maximum absolute atomic E-state index is 13.2. The van der Waals surface area contributed by atoms with E-state index in [4.69, 9.17) is 4.74 Å². The Kier molecular flexibility index (Phi) is 6.18. The van der Waals surface area contributed by atoms with Gasteiger partial charge in [0.15, 0.2) is 6.04 Å². The number of benzene rings is 1. The highest BCUT2D eigenvalue weighted by molar-refractivity contribution is 5.90. The first-order chi connectivity index (χ1) is 10.7. The van der Waals surface area contributed by atoms with Gasteiger partial charge in [-0.3, -0.25) is 9.59 Å². The molecule has 0 saturated carbocycles. The van der Waals surface area contributed by atoms with Crippen molar-refractivity contribution in [1.29, 1.82) is 0 Å². The SMILES string of the molecule is C=CC(=O)N(C)CC(=O)NC(c1ccc(OC)cc1)C(F)(F)F. The Morgan fingerprint density at radius 1 is 1.35 bits per heavy atom. The maximum Gasteiger partial charge on any atom is 0.412 e. The predicted octanol–water partition coefficient (Wildman–Crippen LogP) is 2.06. The minimum absolute atomic E-state index is 0.135. The number of hydrogen-bond acceptors (Lipinski definition) is 3. The highest BCUT2D eigenvalue weighted by atomic mass is 19.4. The Labute approximate surface area is 131 Å². The molecule has 1 atom stereocenters. The Hall–Kier alpha value is -2.51. The second-order valence-electron chi connectivity index (χ2n) is 4.71. The molecule has 0 spiro atoms. The van der Waals surface area contributed by atoms with Gasteiger partial charge in [0.05, 0.1) is 13.7 Å². The lowest BCUT2D eigenvalue weighted by Crippen LogP contribution is -2.43. The summed E-state index contributed by atoms with van der Waals surface area (Å²) in [6, 6.07) is 3.00. The van der Waals surface area contributed by atoms with Crippen molar-refractivity contribution in [3.8, 4) is 5.75 Å². The number of nitrogens with zero attached hydrogens (tertiary/aromatic N) is 1. The van der Waals surface area contributed by atoms with Crippen LogP contribution in [0.1, 0.15) is 11.6 Å². The fraction of sp³-hybridized carbons (Fsp3) is 0.333. The summed E-state index contributed by atoms with van der Waals surface area (Å²) in [4.78, 5) is 24.0. The Morgan fingerprint density at radius 2 is 1.91 bits per heavy atom. The Balaban J connectivity index is 2.89. The van der Waals surface area contributed by atoms with Gasteiger partial charge in [-0.15, -0.1) is 0 Å². The van der Waals surface area contributed by atoms with Crippen LogP contribution in [0.25, 0.3) is 0 Å². The van der Waals surface area contributed by atoms with Crippen molar-refractivity contribution < 1.29 is 27.5 Å². The van der Waals surface area contributed by atoms with Gasteiger partial charge < -0.3 is 15.0 Å². The minimum Gasteiger partial charge on any atom is -0.497 e. The third-order valence-corrected chi connectivity index (χ3v) is 3.01. The van der Waals surface area contributed by atoms with Gasteiger partial charge in [0, 0.05) is 7.05 Å². The third kappa shape index (κ3) is 5.32. The summed E-state index contributed by atoms with van der Waals surface area (Å²) in [7, 11) is 2.68. The molecular formula is C15H17F3N2O3. The number of amides is 2. The van der Waals surface area contributed by atoms with Crippen LogP contribution in [0, 0.1) is 0 Å². The minimum atomic E-state index is -4.68. The fourth-order valence-electron chi connectivity index (χ4n) is 1.81. The van der Waals surface area contributed by atoms with Gasteiger partial charge in [-0.25, -0.2) is 0 Å². The van der Waals surface area contributed by atoms with Gasteiger partial charge in [0.2, 0.25) is 11.8 Å². The molecule has 0 fully saturated rings. The van der Waals surface area contributed by atoms with E-state index in [1.54, 1.807) is 0 Å². The molecule has 0 aliphatic rings. The van der Waals surface area contributed by atoms with Gasteiger partial charge in [-0.1, -0.05) is 18.7 Å². The van der Waals surface area contributed by atoms with E-state index in [-0.39, 0.29) is 5.56 Å². The zero-order valence-corrected chi connectivity index (χ0v) is 12.7. The largest absolute Gasteiger partial charge is 0.497 e. The molecule has 126 valence electrons. The number of halogens is 3. The second-order valence-corrected chi connectivity index (χ2v) is 4.71. The number of carbonyl (C=O) groups is 2. The van der Waals surface area contributed by atoms with Crippen LogP contribution in [0.3, 0.4) is 0 Å². The van der Waals surface area contributed by atoms with Crippen molar-refractivity contribution >= 4 is 11.8 Å². The van der Waals surface area contributed by atoms with Crippen molar-refractivity contribution in [2.75, 3.05) is 20.7 Å². The van der Waals surface area contributed by atoms with Crippen molar-refractivity contribution in [2.45, 2.75) is 12.2 Å². The van der Waals surface area contributed by atoms with Crippen LogP contribution < -0.4 is 10.1 Å². The molecule has 1 aromatic rings. The van der Waals surface area contributed by atoms with Gasteiger partial charge >= 0.3 is 6.18 Å². The van der Waals surface area contributed by atoms with Gasteiger partial charge in [-0.05, 0) is 23.8 Å². The molecule has 0 bridgehead atoms. The number of hydrogen-bond donors (Lipinski definition) is 1. The topological polar surface area (TPSA) is 58.6 Å². The maximum atomic E-state index is 13.2. The first-order valence-electron chi connectivity index (χ1n) is 6.56. The molecule has 23 heavy (non-hydrogen) atoms. The average molecular weight is 330 g/mol. The lowest BCUT2D eigenvalue weighted by atomic mass is 10.1. The summed E-state index contributed by atoms with van der Waals surface area (Å²) in [6.07, 6.45) is -3.71. The van der Waals surface area contributed by atoms with Crippen molar-refractivity contribution in [1.82, 2.24) is 10.2 Å². The molecule has 0 saturated heterocycles. The number of nitrogens with one attached hydrogen (secondary N) is 1. The van der Waals surface area contributed by atoms with E-state index in [1.165, 1.54) is 38.4 Å². The monoisotopic (exact) mass is 330 g/mol. The fourth-order valence-corrected chi connectivity index (χ4v) is 1.81. The summed E-state index contributed by atoms with van der Waals surface area (Å²) in [6.45, 7) is 2.73. The molecule has 0 aliphatic heterocycles. The van der Waals surface area contributed by atoms with Crippen LogP contribution in [0.15, 0.2) is 36.9 Å². The van der Waals surface area contributed by atoms with Crippen LogP contribution in [-0.2, 0) is 9.59 Å². The summed E-state index contributed by atoms with van der Waals surface area (Å²) in [5.74, 6) is -1.09. The summed E-state index contributed by atoms with van der Waals surface area (Å²) in [5.41, 5.74) is -0.135. The normalized spacial score (nSPS) is 12.2. The van der Waals surface area contributed by atoms with E-state index < -0.39 is 30.6 Å². The third-order valence-electron chi connectivity index (χ3n) is 3.01. The molecule has 2 amide bonds. The van der Waals surface area contributed by atoms with Crippen molar-refractivity contribution in [3.63, 3.8) is 0 Å². The standard InChI is InChI=1S/C15H17F3N2O3/c1-4-13(22)20(2)9-12(21)19-14(15(16,17)18)10-5-7-11(23-3)8-6-10/h4-8,14H,1,9H2,2-3H3,(H,19,21). The molecule has 1 rings (SSSR count). The van der Waals surface area contributed by atoms with Gasteiger partial charge in [-0.2, -0.15) is 13.2 Å². The molecular weight excluding hydrogens is 313 g/mol. The molecule has 1 unspecified atom stereocenters. The molecule has 0 aliphatic carbocycles. The number of likely N-dealkylation sites (N-methyl/N-ethyl adjacent to an activating group) is 1. The van der Waals surface area contributed by atoms with Crippen LogP contribution in [-0.4, -0.2) is 43.6 Å². The molecule has 0 aromatic heterocycles. The molecule has 8 heteroatoms. The van der Waals surface area contributed by atoms with Crippen LogP contribution in [0.2, 0.25) is 0 Å². The van der Waals surface area contributed by atoms with Crippen molar-refractivity contribution in [3.05, 3.63) is 42.5 Å². The first kappa shape index (κ1) is 18.5. The summed E-state index contributed by atoms with van der Waals surface area (Å²) < 4.78 is 44.4. The van der Waals surface area contributed by atoms with Crippen molar-refractivity contribution in [2.24, 2.45) is 0 Å². The molecule has 0 radical (unpaired) electrons. The zero-order chi connectivity index (χ0) is 17.6. The molecule has 0 heterocycles. The van der Waals surface area contributed by atoms with Crippen LogP contribution in [0.4, 0.5) is 13.2 Å². The number of carbonyl (C=O) groups excluding carboxylic acids is 2. The summed E-state index contributed by atoms with van der Waals surface area (Å²) >= 11 is 0. The van der Waals surface area contributed by atoms with Gasteiger partial charge in [0.1, 0.15) is 5.75 Å². The van der Waals surface area contributed by atoms with Crippen LogP contribution in [0.5, 0.6) is 5.75 Å². The smallest absolute Gasteiger partial charge is 0.412 e. The van der Waals surface area contributed by atoms with E-state index in [0.29, 0.717) is 5.75 Å². The van der Waals surface area contributed by atoms with E-state index in [2.05, 4.69) is 6.58 Å². The molecule has 5 nitrogen and oxygen atoms in total. The average Bonchev–Trinajstić information content (AvgIpc) is 2.50. The van der Waals surface area contributed by atoms with Crippen LogP contribution >= 0.6 is 0 Å². The van der Waals surface area contributed by atoms with E-state index in [0.717, 1.165) is 11.0 Å². The Morgan fingerprint density at radius 3 is 2.35 bits per heavy atom. The number of ether oxygens (including phenoxy) is 1. The van der Waals surface area contributed by atoms with E-state index >= 15 is 0 Å². The van der Waals surface area contributed by atoms with E-state index in [1.807, 2.05) is 5.32 Å². The quantitative estimate of drug-likeness (QED) is 0.812. The van der Waals surface area contributed by atoms with E-state index in [9.17, 15) is 22.8 Å². The number of rotatable bonds is 6. The highest BCUT2D eigenvalue weighted by Gasteiger charge is 2.42. The zero-order valence-electron chi connectivity index (χ0n) is 12.7. The molecule has 1 aromatic carbocycles. The second kappa shape index (κ2) is 7.66. The first-order valence-corrected chi connectivity index (χ1v) is 6.56. The lowest BCUT2D eigenvalue weighted by Gasteiger charge is -2.23. The summed E-state index contributed by atoms with van der Waals surface area (Å²) in [5, 5.41) is 1.89. The molecule has 1 N–H and O–H groups in total.